The van der Waals surface area contributed by atoms with Crippen molar-refractivity contribution in [2.45, 2.75) is 71.1 Å². The van der Waals surface area contributed by atoms with Crippen LogP contribution in [0.4, 0.5) is 0 Å². The zero-order valence-corrected chi connectivity index (χ0v) is 13.6. The number of nitrogens with zero attached hydrogens (tertiary/aromatic N) is 2. The number of likely N-dealkylation sites (tertiary alicyclic amines) is 1. The second kappa shape index (κ2) is 6.90. The summed E-state index contributed by atoms with van der Waals surface area (Å²) in [7, 11) is 2.17. The summed E-state index contributed by atoms with van der Waals surface area (Å²) in [6.45, 7) is 8.76. The van der Waals surface area contributed by atoms with Gasteiger partial charge in [0.15, 0.2) is 0 Å². The molecule has 1 amide bonds. The summed E-state index contributed by atoms with van der Waals surface area (Å²) in [5.41, 5.74) is 0. The van der Waals surface area contributed by atoms with Gasteiger partial charge in [0.05, 0.1) is 12.2 Å². The predicted molar refractivity (Wildman–Crippen MR) is 82.4 cm³/mol. The third-order valence-corrected chi connectivity index (χ3v) is 5.00. The molecule has 0 bridgehead atoms. The maximum Gasteiger partial charge on any atom is 0.241 e. The van der Waals surface area contributed by atoms with Crippen LogP contribution in [0.1, 0.15) is 52.9 Å². The van der Waals surface area contributed by atoms with Crippen LogP contribution in [0.25, 0.3) is 0 Å². The van der Waals surface area contributed by atoms with Gasteiger partial charge in [-0.1, -0.05) is 33.6 Å². The zero-order chi connectivity index (χ0) is 14.7. The normalized spacial score (nSPS) is 33.7. The molecule has 4 nitrogen and oxygen atoms in total. The van der Waals surface area contributed by atoms with Crippen molar-refractivity contribution in [2.75, 3.05) is 20.1 Å². The quantitative estimate of drug-likeness (QED) is 0.838. The van der Waals surface area contributed by atoms with Gasteiger partial charge in [-0.25, -0.2) is 0 Å². The minimum atomic E-state index is 0.0313. The Morgan fingerprint density at radius 3 is 2.75 bits per heavy atom. The molecule has 0 aromatic rings. The number of hydrogen-bond acceptors (Lipinski definition) is 3. The van der Waals surface area contributed by atoms with Gasteiger partial charge in [-0.05, 0) is 38.8 Å². The van der Waals surface area contributed by atoms with Gasteiger partial charge in [0.2, 0.25) is 5.91 Å². The van der Waals surface area contributed by atoms with Gasteiger partial charge < -0.3 is 9.80 Å². The summed E-state index contributed by atoms with van der Waals surface area (Å²) in [4.78, 5) is 17.4. The van der Waals surface area contributed by atoms with Crippen molar-refractivity contribution in [3.05, 3.63) is 0 Å². The molecule has 0 saturated carbocycles. The smallest absolute Gasteiger partial charge is 0.241 e. The van der Waals surface area contributed by atoms with E-state index in [1.807, 2.05) is 0 Å². The average Bonchev–Trinajstić information content (AvgIpc) is 2.75. The van der Waals surface area contributed by atoms with Crippen LogP contribution in [0.5, 0.6) is 0 Å². The molecule has 4 atom stereocenters. The van der Waals surface area contributed by atoms with E-state index in [-0.39, 0.29) is 12.2 Å². The Morgan fingerprint density at radius 2 is 2.15 bits per heavy atom. The SMILES string of the molecule is CCCC1NC(C(C)CC)C(=O)N1C1CCCN(C)C1. The van der Waals surface area contributed by atoms with Crippen molar-refractivity contribution in [3.8, 4) is 0 Å². The Kier molecular flexibility index (Phi) is 5.44. The van der Waals surface area contributed by atoms with Gasteiger partial charge in [0.25, 0.3) is 0 Å². The van der Waals surface area contributed by atoms with Crippen molar-refractivity contribution in [2.24, 2.45) is 5.92 Å². The maximum absolute atomic E-state index is 12.8. The molecule has 0 radical (unpaired) electrons. The molecule has 2 rings (SSSR count). The number of piperidine rings is 1. The Hall–Kier alpha value is -0.610. The van der Waals surface area contributed by atoms with Crippen LogP contribution in [0.15, 0.2) is 0 Å². The first-order valence-corrected chi connectivity index (χ1v) is 8.35. The number of carbonyl (C=O) groups excluding carboxylic acids is 1. The molecule has 116 valence electrons. The van der Waals surface area contributed by atoms with Gasteiger partial charge in [-0.15, -0.1) is 0 Å². The molecule has 2 aliphatic rings. The van der Waals surface area contributed by atoms with E-state index >= 15 is 0 Å². The van der Waals surface area contributed by atoms with Crippen LogP contribution in [-0.4, -0.2) is 54.1 Å². The first kappa shape index (κ1) is 15.8. The van der Waals surface area contributed by atoms with Crippen LogP contribution in [0, 0.1) is 5.92 Å². The third-order valence-electron chi connectivity index (χ3n) is 5.00. The summed E-state index contributed by atoms with van der Waals surface area (Å²) in [5, 5.41) is 3.61. The molecule has 2 fully saturated rings. The van der Waals surface area contributed by atoms with E-state index in [9.17, 15) is 4.79 Å². The average molecular weight is 281 g/mol. The Balaban J connectivity index is 2.12. The van der Waals surface area contributed by atoms with E-state index in [1.165, 1.54) is 13.0 Å². The molecule has 2 aliphatic heterocycles. The van der Waals surface area contributed by atoms with Crippen LogP contribution in [0.2, 0.25) is 0 Å². The lowest BCUT2D eigenvalue weighted by Gasteiger charge is -2.38. The first-order valence-electron chi connectivity index (χ1n) is 8.35. The minimum absolute atomic E-state index is 0.0313. The fourth-order valence-corrected chi connectivity index (χ4v) is 3.61. The fraction of sp³-hybridized carbons (Fsp3) is 0.938. The Bertz CT molecular complexity index is 334. The highest BCUT2D eigenvalue weighted by Crippen LogP contribution is 2.27. The molecule has 1 N–H and O–H groups in total. The number of hydrogen-bond donors (Lipinski definition) is 1. The number of amides is 1. The largest absolute Gasteiger partial charge is 0.322 e. The van der Waals surface area contributed by atoms with Crippen molar-refractivity contribution in [1.29, 1.82) is 0 Å². The number of rotatable bonds is 5. The summed E-state index contributed by atoms with van der Waals surface area (Å²) >= 11 is 0. The summed E-state index contributed by atoms with van der Waals surface area (Å²) < 4.78 is 0. The third kappa shape index (κ3) is 3.17. The topological polar surface area (TPSA) is 35.6 Å². The van der Waals surface area contributed by atoms with Gasteiger partial charge in [0, 0.05) is 12.6 Å². The summed E-state index contributed by atoms with van der Waals surface area (Å²) in [6, 6.07) is 0.433. The van der Waals surface area contributed by atoms with E-state index in [2.05, 4.69) is 42.9 Å². The summed E-state index contributed by atoms with van der Waals surface area (Å²) in [6.07, 6.45) is 5.86. The van der Waals surface area contributed by atoms with E-state index in [1.54, 1.807) is 0 Å². The van der Waals surface area contributed by atoms with Crippen molar-refractivity contribution in [1.82, 2.24) is 15.1 Å². The highest BCUT2D eigenvalue weighted by molar-refractivity contribution is 5.85. The molecule has 0 aromatic heterocycles. The Morgan fingerprint density at radius 1 is 1.40 bits per heavy atom. The maximum atomic E-state index is 12.8. The lowest BCUT2D eigenvalue weighted by molar-refractivity contribution is -0.134. The monoisotopic (exact) mass is 281 g/mol. The van der Waals surface area contributed by atoms with Crippen molar-refractivity contribution < 1.29 is 4.79 Å². The summed E-state index contributed by atoms with van der Waals surface area (Å²) in [5.74, 6) is 0.770. The number of likely N-dealkylation sites (N-methyl/N-ethyl adjacent to an activating group) is 1. The highest BCUT2D eigenvalue weighted by Gasteiger charge is 2.44. The highest BCUT2D eigenvalue weighted by atomic mass is 16.2. The molecular formula is C16H31N3O. The van der Waals surface area contributed by atoms with Gasteiger partial charge in [0.1, 0.15) is 0 Å². The zero-order valence-electron chi connectivity index (χ0n) is 13.6. The van der Waals surface area contributed by atoms with Crippen molar-refractivity contribution >= 4 is 5.91 Å². The lowest BCUT2D eigenvalue weighted by atomic mass is 9.98. The standard InChI is InChI=1S/C16H31N3O/c1-5-8-14-17-15(12(3)6-2)16(20)19(14)13-9-7-10-18(4)11-13/h12-15,17H,5-11H2,1-4H3. The van der Waals surface area contributed by atoms with Gasteiger partial charge in [-0.2, -0.15) is 0 Å². The van der Waals surface area contributed by atoms with Gasteiger partial charge in [-0.3, -0.25) is 10.1 Å². The molecule has 0 aliphatic carbocycles. The second-order valence-corrected chi connectivity index (χ2v) is 6.64. The number of carbonyl (C=O) groups is 1. The molecular weight excluding hydrogens is 250 g/mol. The fourth-order valence-electron chi connectivity index (χ4n) is 3.61. The van der Waals surface area contributed by atoms with E-state index < -0.39 is 0 Å². The molecule has 2 heterocycles. The lowest BCUT2D eigenvalue weighted by Crippen LogP contribution is -2.51. The van der Waals surface area contributed by atoms with Gasteiger partial charge >= 0.3 is 0 Å². The molecule has 4 unspecified atom stereocenters. The van der Waals surface area contributed by atoms with Crippen LogP contribution in [0.3, 0.4) is 0 Å². The van der Waals surface area contributed by atoms with Crippen LogP contribution in [-0.2, 0) is 4.79 Å². The van der Waals surface area contributed by atoms with Crippen molar-refractivity contribution in [3.63, 3.8) is 0 Å². The molecule has 2 saturated heterocycles. The molecule has 0 aromatic carbocycles. The molecule has 0 spiro atoms. The van der Waals surface area contributed by atoms with E-state index in [0.717, 1.165) is 32.2 Å². The van der Waals surface area contributed by atoms with E-state index in [0.29, 0.717) is 17.9 Å². The first-order chi connectivity index (χ1) is 9.58. The number of nitrogens with one attached hydrogen (secondary N) is 1. The van der Waals surface area contributed by atoms with Crippen LogP contribution >= 0.6 is 0 Å². The molecule has 4 heteroatoms. The van der Waals surface area contributed by atoms with Crippen LogP contribution < -0.4 is 5.32 Å². The Labute approximate surface area is 123 Å². The minimum Gasteiger partial charge on any atom is -0.322 e. The molecule has 20 heavy (non-hydrogen) atoms. The second-order valence-electron chi connectivity index (χ2n) is 6.64. The van der Waals surface area contributed by atoms with E-state index in [4.69, 9.17) is 0 Å². The predicted octanol–water partition coefficient (Wildman–Crippen LogP) is 2.05.